The van der Waals surface area contributed by atoms with Gasteiger partial charge in [0.15, 0.2) is 0 Å². The molecule has 1 aromatic heterocycles. The van der Waals surface area contributed by atoms with Gasteiger partial charge in [0.2, 0.25) is 9.84 Å². The second kappa shape index (κ2) is 13.0. The number of fused-ring (bicyclic) bond motifs is 2. The fourth-order valence-corrected chi connectivity index (χ4v) is 7.80. The Morgan fingerprint density at radius 2 is 1.63 bits per heavy atom. The molecule has 230 valence electrons. The normalized spacial score (nSPS) is 16.6. The monoisotopic (exact) mass is 608 g/mol. The molecule has 2 heterocycles. The van der Waals surface area contributed by atoms with Gasteiger partial charge in [-0.25, -0.2) is 12.8 Å². The molecule has 1 spiro atoms. The van der Waals surface area contributed by atoms with Crippen molar-refractivity contribution in [1.82, 2.24) is 20.5 Å². The third kappa shape index (κ3) is 6.40. The van der Waals surface area contributed by atoms with Gasteiger partial charge in [-0.3, -0.25) is 9.59 Å². The number of carbonyl (C=O) groups excluding carboxylic acids is 2. The van der Waals surface area contributed by atoms with Gasteiger partial charge in [0.1, 0.15) is 16.4 Å². The van der Waals surface area contributed by atoms with E-state index in [1.54, 1.807) is 17.0 Å². The minimum Gasteiger partial charge on any atom is -0.354 e. The summed E-state index contributed by atoms with van der Waals surface area (Å²) in [6.45, 7) is 5.65. The SMILES string of the molecule is CCN(CC)C(=O)c1ccc(F)c(S(=O)(=O)c2ccc(CNC(=O)c3cc4c([nH]3)CCNC43CCCCCCC3)cc2)c1. The number of nitrogens with one attached hydrogen (secondary N) is 3. The van der Waals surface area contributed by atoms with Crippen molar-refractivity contribution in [2.24, 2.45) is 0 Å². The Bertz CT molecular complexity index is 1570. The average molecular weight is 609 g/mol. The molecule has 43 heavy (non-hydrogen) atoms. The lowest BCUT2D eigenvalue weighted by atomic mass is 9.76. The van der Waals surface area contributed by atoms with E-state index in [1.165, 1.54) is 55.9 Å². The van der Waals surface area contributed by atoms with Gasteiger partial charge in [-0.2, -0.15) is 0 Å². The second-order valence-electron chi connectivity index (χ2n) is 11.6. The van der Waals surface area contributed by atoms with E-state index in [-0.39, 0.29) is 34.4 Å². The minimum absolute atomic E-state index is 0.0674. The van der Waals surface area contributed by atoms with Crippen molar-refractivity contribution in [3.63, 3.8) is 0 Å². The molecule has 2 aliphatic rings. The summed E-state index contributed by atoms with van der Waals surface area (Å²) >= 11 is 0. The zero-order valence-corrected chi connectivity index (χ0v) is 25.8. The van der Waals surface area contributed by atoms with Gasteiger partial charge in [-0.1, -0.05) is 44.2 Å². The van der Waals surface area contributed by atoms with Crippen molar-refractivity contribution >= 4 is 21.7 Å². The van der Waals surface area contributed by atoms with Crippen LogP contribution >= 0.6 is 0 Å². The molecule has 0 bridgehead atoms. The van der Waals surface area contributed by atoms with Crippen LogP contribution in [0, 0.1) is 5.82 Å². The highest BCUT2D eigenvalue weighted by Crippen LogP contribution is 2.39. The fourth-order valence-electron chi connectivity index (χ4n) is 6.45. The largest absolute Gasteiger partial charge is 0.354 e. The minimum atomic E-state index is -4.22. The number of benzene rings is 2. The topological polar surface area (TPSA) is 111 Å². The first-order valence-corrected chi connectivity index (χ1v) is 16.9. The number of rotatable bonds is 8. The smallest absolute Gasteiger partial charge is 0.267 e. The fraction of sp³-hybridized carbons (Fsp3) is 0.455. The maximum atomic E-state index is 14.7. The molecule has 0 radical (unpaired) electrons. The second-order valence-corrected chi connectivity index (χ2v) is 13.5. The summed E-state index contributed by atoms with van der Waals surface area (Å²) in [5.74, 6) is -1.49. The number of sulfone groups is 1. The van der Waals surface area contributed by atoms with E-state index in [9.17, 15) is 22.4 Å². The first-order valence-electron chi connectivity index (χ1n) is 15.4. The molecule has 1 fully saturated rings. The molecule has 1 saturated carbocycles. The molecular weight excluding hydrogens is 567 g/mol. The van der Waals surface area contributed by atoms with Crippen LogP contribution in [0.1, 0.15) is 96.5 Å². The number of nitrogens with zero attached hydrogens (tertiary/aromatic N) is 1. The zero-order valence-electron chi connectivity index (χ0n) is 25.0. The van der Waals surface area contributed by atoms with Crippen molar-refractivity contribution in [3.05, 3.63) is 82.4 Å². The Labute approximate surface area is 253 Å². The first-order chi connectivity index (χ1) is 20.7. The van der Waals surface area contributed by atoms with E-state index >= 15 is 0 Å². The number of carbonyl (C=O) groups is 2. The van der Waals surface area contributed by atoms with Crippen molar-refractivity contribution in [2.75, 3.05) is 19.6 Å². The Kier molecular flexibility index (Phi) is 9.36. The molecule has 0 saturated heterocycles. The van der Waals surface area contributed by atoms with Crippen LogP contribution in [-0.4, -0.2) is 49.8 Å². The summed E-state index contributed by atoms with van der Waals surface area (Å²) in [6, 6.07) is 11.4. The van der Waals surface area contributed by atoms with E-state index < -0.39 is 20.5 Å². The Balaban J connectivity index is 1.28. The van der Waals surface area contributed by atoms with E-state index in [4.69, 9.17) is 0 Å². The predicted octanol–water partition coefficient (Wildman–Crippen LogP) is 5.48. The van der Waals surface area contributed by atoms with E-state index in [0.717, 1.165) is 43.6 Å². The molecule has 1 aliphatic heterocycles. The summed E-state index contributed by atoms with van der Waals surface area (Å²) in [6.07, 6.45) is 9.15. The first kappa shape index (κ1) is 30.9. The van der Waals surface area contributed by atoms with Gasteiger partial charge < -0.3 is 20.5 Å². The van der Waals surface area contributed by atoms with Gasteiger partial charge in [0.05, 0.1) is 4.90 Å². The van der Waals surface area contributed by atoms with Crippen molar-refractivity contribution in [2.45, 2.75) is 87.1 Å². The lowest BCUT2D eigenvalue weighted by Crippen LogP contribution is -2.47. The third-order valence-corrected chi connectivity index (χ3v) is 10.7. The van der Waals surface area contributed by atoms with Crippen molar-refractivity contribution in [3.8, 4) is 0 Å². The molecule has 0 atom stereocenters. The summed E-state index contributed by atoms with van der Waals surface area (Å²) in [5.41, 5.74) is 3.63. The average Bonchev–Trinajstić information content (AvgIpc) is 3.45. The van der Waals surface area contributed by atoms with Crippen LogP contribution in [-0.2, 0) is 28.3 Å². The molecule has 3 aromatic rings. The quantitative estimate of drug-likeness (QED) is 0.314. The standard InChI is InChI=1S/C33H41FN4O4S/c1-3-38(4-2)32(40)24-12-15-27(34)30(20-24)43(41,42)25-13-10-23(11-14-25)22-35-31(39)29-21-26-28(37-29)16-19-36-33(26)17-8-6-5-7-9-18-33/h10-15,20-21,36-37H,3-9,16-19,22H2,1-2H3,(H,35,39). The van der Waals surface area contributed by atoms with Gasteiger partial charge in [0, 0.05) is 49.4 Å². The van der Waals surface area contributed by atoms with Crippen LogP contribution in [0.4, 0.5) is 4.39 Å². The molecule has 8 nitrogen and oxygen atoms in total. The number of aromatic nitrogens is 1. The Hall–Kier alpha value is -3.50. The molecule has 3 N–H and O–H groups in total. The van der Waals surface area contributed by atoms with Crippen LogP contribution in [0.15, 0.2) is 58.3 Å². The van der Waals surface area contributed by atoms with E-state index in [0.29, 0.717) is 24.3 Å². The molecule has 2 aromatic carbocycles. The summed E-state index contributed by atoms with van der Waals surface area (Å²) in [4.78, 5) is 30.1. The molecule has 2 amide bonds. The summed E-state index contributed by atoms with van der Waals surface area (Å²) < 4.78 is 41.4. The number of hydrogen-bond donors (Lipinski definition) is 3. The van der Waals surface area contributed by atoms with E-state index in [1.807, 2.05) is 19.9 Å². The Morgan fingerprint density at radius 1 is 0.953 bits per heavy atom. The highest BCUT2D eigenvalue weighted by atomic mass is 32.2. The number of halogens is 1. The lowest BCUT2D eigenvalue weighted by Gasteiger charge is -2.40. The van der Waals surface area contributed by atoms with Gasteiger partial charge in [-0.05, 0) is 74.2 Å². The van der Waals surface area contributed by atoms with Crippen LogP contribution < -0.4 is 10.6 Å². The van der Waals surface area contributed by atoms with Gasteiger partial charge in [0.25, 0.3) is 11.8 Å². The van der Waals surface area contributed by atoms with Crippen LogP contribution in [0.25, 0.3) is 0 Å². The maximum absolute atomic E-state index is 14.7. The van der Waals surface area contributed by atoms with Crippen molar-refractivity contribution < 1.29 is 22.4 Å². The molecule has 0 unspecified atom stereocenters. The van der Waals surface area contributed by atoms with E-state index in [2.05, 4.69) is 15.6 Å². The summed E-state index contributed by atoms with van der Waals surface area (Å²) in [7, 11) is -4.22. The highest BCUT2D eigenvalue weighted by Gasteiger charge is 2.37. The summed E-state index contributed by atoms with van der Waals surface area (Å²) in [5, 5.41) is 6.71. The number of aromatic amines is 1. The van der Waals surface area contributed by atoms with Gasteiger partial charge >= 0.3 is 0 Å². The van der Waals surface area contributed by atoms with Crippen LogP contribution in [0.2, 0.25) is 0 Å². The number of hydrogen-bond acceptors (Lipinski definition) is 5. The number of H-pyrrole nitrogens is 1. The lowest BCUT2D eigenvalue weighted by molar-refractivity contribution is 0.0772. The number of amides is 2. The molecular formula is C33H41FN4O4S. The zero-order chi connectivity index (χ0) is 30.6. The molecule has 10 heteroatoms. The molecule has 1 aliphatic carbocycles. The third-order valence-electron chi connectivity index (χ3n) is 8.91. The highest BCUT2D eigenvalue weighted by molar-refractivity contribution is 7.91. The molecule has 5 rings (SSSR count). The Morgan fingerprint density at radius 3 is 2.30 bits per heavy atom. The predicted molar refractivity (Wildman–Crippen MR) is 163 cm³/mol. The van der Waals surface area contributed by atoms with Crippen LogP contribution in [0.3, 0.4) is 0 Å². The van der Waals surface area contributed by atoms with Gasteiger partial charge in [-0.15, -0.1) is 0 Å². The van der Waals surface area contributed by atoms with Crippen LogP contribution in [0.5, 0.6) is 0 Å². The maximum Gasteiger partial charge on any atom is 0.267 e. The van der Waals surface area contributed by atoms with Crippen molar-refractivity contribution in [1.29, 1.82) is 0 Å².